The highest BCUT2D eigenvalue weighted by Crippen LogP contribution is 2.19. The zero-order valence-electron chi connectivity index (χ0n) is 20.6. The van der Waals surface area contributed by atoms with Crippen molar-refractivity contribution in [2.24, 2.45) is 0 Å². The van der Waals surface area contributed by atoms with Gasteiger partial charge in [0.2, 0.25) is 0 Å². The van der Waals surface area contributed by atoms with Gasteiger partial charge in [0.1, 0.15) is 0 Å². The Morgan fingerprint density at radius 1 is 0.921 bits per heavy atom. The van der Waals surface area contributed by atoms with Crippen LogP contribution < -0.4 is 5.48 Å². The highest BCUT2D eigenvalue weighted by molar-refractivity contribution is 7.90. The number of carbonyl (C=O) groups excluding carboxylic acids is 1. The van der Waals surface area contributed by atoms with Crippen LogP contribution in [0.25, 0.3) is 16.8 Å². The molecule has 0 radical (unpaired) electrons. The summed E-state index contributed by atoms with van der Waals surface area (Å²) >= 11 is 0. The molecule has 0 saturated heterocycles. The molecule has 38 heavy (non-hydrogen) atoms. The highest BCUT2D eigenvalue weighted by atomic mass is 32.2. The minimum atomic E-state index is -4.09. The molecule has 0 spiro atoms. The van der Waals surface area contributed by atoms with Crippen LogP contribution in [0.3, 0.4) is 0 Å². The summed E-state index contributed by atoms with van der Waals surface area (Å²) in [4.78, 5) is 13.1. The number of benzene rings is 3. The summed E-state index contributed by atoms with van der Waals surface area (Å²) in [7, 11) is -3.90. The van der Waals surface area contributed by atoms with E-state index in [0.717, 1.165) is 32.9 Å². The van der Waals surface area contributed by atoms with E-state index in [1.54, 1.807) is 42.5 Å². The molecule has 4 aromatic rings. The molecule has 1 amide bonds. The van der Waals surface area contributed by atoms with Crippen molar-refractivity contribution in [2.75, 3.05) is 14.1 Å². The molecular formula is C26H27N3O7S2. The van der Waals surface area contributed by atoms with Crippen LogP contribution in [0, 0.1) is 0 Å². The van der Waals surface area contributed by atoms with Crippen LogP contribution in [-0.4, -0.2) is 55.5 Å². The van der Waals surface area contributed by atoms with Crippen LogP contribution in [0.5, 0.6) is 0 Å². The zero-order valence-corrected chi connectivity index (χ0v) is 22.2. The first kappa shape index (κ1) is 28.8. The number of nitrogens with one attached hydrogen (secondary N) is 1. The highest BCUT2D eigenvalue weighted by Gasteiger charge is 2.16. The third-order valence-corrected chi connectivity index (χ3v) is 7.74. The van der Waals surface area contributed by atoms with Crippen molar-refractivity contribution in [1.29, 1.82) is 0 Å². The summed E-state index contributed by atoms with van der Waals surface area (Å²) in [6, 6.07) is 20.1. The van der Waals surface area contributed by atoms with Crippen molar-refractivity contribution in [2.45, 2.75) is 16.3 Å². The van der Waals surface area contributed by atoms with E-state index in [0.29, 0.717) is 5.56 Å². The van der Waals surface area contributed by atoms with Gasteiger partial charge in [0.25, 0.3) is 26.0 Å². The number of carbonyl (C=O) groups is 1. The Morgan fingerprint density at radius 2 is 1.55 bits per heavy atom. The summed E-state index contributed by atoms with van der Waals surface area (Å²) in [5.74, 6) is -0.693. The molecule has 0 aliphatic heterocycles. The summed E-state index contributed by atoms with van der Waals surface area (Å²) < 4.78 is 56.7. The molecule has 0 bridgehead atoms. The van der Waals surface area contributed by atoms with Gasteiger partial charge in [-0.15, -0.1) is 0 Å². The number of aromatic nitrogens is 1. The normalized spacial score (nSPS) is 11.9. The van der Waals surface area contributed by atoms with E-state index >= 15 is 0 Å². The third-order valence-electron chi connectivity index (χ3n) is 5.24. The largest absolute Gasteiger partial charge is 0.305 e. The fourth-order valence-corrected chi connectivity index (χ4v) is 5.15. The van der Waals surface area contributed by atoms with Crippen molar-refractivity contribution >= 4 is 42.9 Å². The van der Waals surface area contributed by atoms with E-state index in [4.69, 9.17) is 9.76 Å². The molecule has 0 aliphatic carbocycles. The molecule has 200 valence electrons. The van der Waals surface area contributed by atoms with Gasteiger partial charge in [-0.05, 0) is 72.4 Å². The lowest BCUT2D eigenvalue weighted by atomic mass is 10.1. The first-order chi connectivity index (χ1) is 17.9. The second-order valence-corrected chi connectivity index (χ2v) is 11.7. The first-order valence-electron chi connectivity index (χ1n) is 11.2. The van der Waals surface area contributed by atoms with E-state index < -0.39 is 26.0 Å². The van der Waals surface area contributed by atoms with Gasteiger partial charge < -0.3 is 4.90 Å². The van der Waals surface area contributed by atoms with Crippen LogP contribution in [0.15, 0.2) is 101 Å². The van der Waals surface area contributed by atoms with Crippen LogP contribution in [0.1, 0.15) is 11.1 Å². The Kier molecular flexibility index (Phi) is 9.20. The maximum absolute atomic E-state index is 12.6. The number of hydrogen-bond donors (Lipinski definition) is 3. The maximum atomic E-state index is 12.6. The lowest BCUT2D eigenvalue weighted by molar-refractivity contribution is -0.124. The van der Waals surface area contributed by atoms with E-state index in [-0.39, 0.29) is 9.79 Å². The SMILES string of the molecule is CN(C)Cc1ccc(S(=O)(=O)n2ccc(C=CC(=O)NO)c2)cc1.O=S(=O)(O)c1ccc2ccccc2c1. The lowest BCUT2D eigenvalue weighted by Gasteiger charge is -2.10. The molecule has 0 saturated carbocycles. The fraction of sp³-hybridized carbons (Fsp3) is 0.115. The third kappa shape index (κ3) is 7.60. The monoisotopic (exact) mass is 557 g/mol. The fourth-order valence-electron chi connectivity index (χ4n) is 3.43. The van der Waals surface area contributed by atoms with Crippen molar-refractivity contribution in [3.63, 3.8) is 0 Å². The van der Waals surface area contributed by atoms with Gasteiger partial charge in [-0.1, -0.05) is 42.5 Å². The molecule has 1 heterocycles. The van der Waals surface area contributed by atoms with Gasteiger partial charge in [-0.25, -0.2) is 17.9 Å². The van der Waals surface area contributed by atoms with Gasteiger partial charge in [0, 0.05) is 25.0 Å². The molecule has 3 aromatic carbocycles. The van der Waals surface area contributed by atoms with Crippen molar-refractivity contribution in [3.05, 3.63) is 102 Å². The molecule has 0 atom stereocenters. The summed E-state index contributed by atoms with van der Waals surface area (Å²) in [5.41, 5.74) is 3.00. The molecule has 0 fully saturated rings. The predicted molar refractivity (Wildman–Crippen MR) is 144 cm³/mol. The van der Waals surface area contributed by atoms with Crippen molar-refractivity contribution in [1.82, 2.24) is 14.4 Å². The molecule has 0 unspecified atom stereocenters. The average Bonchev–Trinajstić information content (AvgIpc) is 3.37. The number of fused-ring (bicyclic) bond motifs is 1. The van der Waals surface area contributed by atoms with Gasteiger partial charge in [0.05, 0.1) is 9.79 Å². The standard InChI is InChI=1S/C16H19N3O4S.C10H8O3S/c1-18(2)11-13-3-6-15(7-4-13)24(22,23)19-10-9-14(12-19)5-8-16(20)17-21;11-14(12,13)10-6-5-8-3-1-2-4-9(8)7-10/h3-10,12,21H,11H2,1-2H3,(H,17,20);1-7H,(H,11,12,13). The second-order valence-electron chi connectivity index (χ2n) is 8.45. The van der Waals surface area contributed by atoms with Gasteiger partial charge in [0.15, 0.2) is 0 Å². The van der Waals surface area contributed by atoms with E-state index in [1.165, 1.54) is 36.1 Å². The average molecular weight is 558 g/mol. The molecule has 0 aliphatic rings. The van der Waals surface area contributed by atoms with Gasteiger partial charge in [-0.2, -0.15) is 8.42 Å². The summed E-state index contributed by atoms with van der Waals surface area (Å²) in [6.45, 7) is 0.728. The van der Waals surface area contributed by atoms with Crippen molar-refractivity contribution in [3.8, 4) is 0 Å². The first-order valence-corrected chi connectivity index (χ1v) is 14.0. The zero-order chi connectivity index (χ0) is 27.9. The molecule has 1 aromatic heterocycles. The van der Waals surface area contributed by atoms with E-state index in [9.17, 15) is 21.6 Å². The Bertz CT molecular complexity index is 1660. The minimum absolute atomic E-state index is 0.0730. The molecule has 10 nitrogen and oxygen atoms in total. The number of amides is 1. The Hall–Kier alpha value is -3.81. The van der Waals surface area contributed by atoms with Gasteiger partial charge in [-0.3, -0.25) is 14.6 Å². The number of nitrogens with zero attached hydrogens (tertiary/aromatic N) is 2. The molecule has 4 rings (SSSR count). The van der Waals surface area contributed by atoms with Crippen molar-refractivity contribution < 1.29 is 31.4 Å². The van der Waals surface area contributed by atoms with Crippen LogP contribution in [0.2, 0.25) is 0 Å². The quantitative estimate of drug-likeness (QED) is 0.136. The van der Waals surface area contributed by atoms with Crippen LogP contribution in [0.4, 0.5) is 0 Å². The number of hydroxylamine groups is 1. The topological polar surface area (TPSA) is 146 Å². The number of hydrogen-bond acceptors (Lipinski definition) is 7. The minimum Gasteiger partial charge on any atom is -0.305 e. The number of rotatable bonds is 7. The van der Waals surface area contributed by atoms with E-state index in [2.05, 4.69) is 0 Å². The van der Waals surface area contributed by atoms with E-state index in [1.807, 2.05) is 37.2 Å². The Labute approximate surface area is 221 Å². The van der Waals surface area contributed by atoms with Gasteiger partial charge >= 0.3 is 0 Å². The maximum Gasteiger partial charge on any atom is 0.294 e. The smallest absolute Gasteiger partial charge is 0.294 e. The second kappa shape index (κ2) is 12.2. The summed E-state index contributed by atoms with van der Waals surface area (Å²) in [5, 5.41) is 10.2. The van der Waals surface area contributed by atoms with Crippen LogP contribution >= 0.6 is 0 Å². The Balaban J connectivity index is 0.000000241. The Morgan fingerprint density at radius 3 is 2.16 bits per heavy atom. The molecule has 3 N–H and O–H groups in total. The summed E-state index contributed by atoms with van der Waals surface area (Å²) in [6.07, 6.45) is 5.30. The molecular weight excluding hydrogens is 530 g/mol. The lowest BCUT2D eigenvalue weighted by Crippen LogP contribution is -2.14. The predicted octanol–water partition coefficient (Wildman–Crippen LogP) is 3.39. The molecule has 12 heteroatoms. The van der Waals surface area contributed by atoms with Crippen LogP contribution in [-0.2, 0) is 31.5 Å².